The van der Waals surface area contributed by atoms with Crippen molar-refractivity contribution < 1.29 is 0 Å². The van der Waals surface area contributed by atoms with Crippen molar-refractivity contribution in [1.29, 1.82) is 0 Å². The first-order chi connectivity index (χ1) is 9.31. The summed E-state index contributed by atoms with van der Waals surface area (Å²) in [6.07, 6.45) is 4.10. The number of pyridine rings is 1. The van der Waals surface area contributed by atoms with Gasteiger partial charge in [-0.25, -0.2) is 9.97 Å². The van der Waals surface area contributed by atoms with E-state index in [1.807, 2.05) is 30.3 Å². The topological polar surface area (TPSA) is 64.7 Å². The molecule has 0 radical (unpaired) electrons. The molecule has 0 spiro atoms. The minimum absolute atomic E-state index is 0.542. The number of nitrogens with zero attached hydrogens (tertiary/aromatic N) is 3. The Balaban J connectivity index is 2.34. The Labute approximate surface area is 111 Å². The third-order valence-electron chi connectivity index (χ3n) is 3.22. The average molecular weight is 250 g/mol. The SMILES string of the molecule is CCc1c(N)ncnc1-c1cccc2cccnc12. The quantitative estimate of drug-likeness (QED) is 0.759. The van der Waals surface area contributed by atoms with E-state index in [1.165, 1.54) is 6.33 Å². The molecule has 19 heavy (non-hydrogen) atoms. The zero-order valence-corrected chi connectivity index (χ0v) is 10.7. The van der Waals surface area contributed by atoms with Gasteiger partial charge in [0.2, 0.25) is 0 Å². The summed E-state index contributed by atoms with van der Waals surface area (Å²) in [6.45, 7) is 2.05. The van der Waals surface area contributed by atoms with Crippen LogP contribution in [0.5, 0.6) is 0 Å². The van der Waals surface area contributed by atoms with Crippen molar-refractivity contribution in [3.63, 3.8) is 0 Å². The van der Waals surface area contributed by atoms with Crippen LogP contribution in [0.1, 0.15) is 12.5 Å². The molecule has 4 heteroatoms. The fourth-order valence-corrected chi connectivity index (χ4v) is 2.30. The number of aromatic nitrogens is 3. The first-order valence-corrected chi connectivity index (χ1v) is 6.24. The van der Waals surface area contributed by atoms with Gasteiger partial charge in [0.25, 0.3) is 0 Å². The molecule has 0 saturated heterocycles. The number of rotatable bonds is 2. The Hall–Kier alpha value is -2.49. The van der Waals surface area contributed by atoms with Gasteiger partial charge in [0.1, 0.15) is 12.1 Å². The summed E-state index contributed by atoms with van der Waals surface area (Å²) >= 11 is 0. The molecule has 0 unspecified atom stereocenters. The van der Waals surface area contributed by atoms with E-state index in [9.17, 15) is 0 Å². The Morgan fingerprint density at radius 1 is 1.05 bits per heavy atom. The fourth-order valence-electron chi connectivity index (χ4n) is 2.30. The molecule has 0 fully saturated rings. The van der Waals surface area contributed by atoms with Crippen molar-refractivity contribution >= 4 is 16.7 Å². The molecule has 0 saturated carbocycles. The Kier molecular flexibility index (Phi) is 2.83. The van der Waals surface area contributed by atoms with Crippen LogP contribution in [0.3, 0.4) is 0 Å². The van der Waals surface area contributed by atoms with Gasteiger partial charge in [-0.2, -0.15) is 0 Å². The lowest BCUT2D eigenvalue weighted by molar-refractivity contribution is 1.06. The van der Waals surface area contributed by atoms with Gasteiger partial charge in [-0.3, -0.25) is 4.98 Å². The number of anilines is 1. The molecule has 2 N–H and O–H groups in total. The monoisotopic (exact) mass is 250 g/mol. The molecule has 2 aromatic heterocycles. The van der Waals surface area contributed by atoms with E-state index >= 15 is 0 Å². The van der Waals surface area contributed by atoms with E-state index in [0.29, 0.717) is 5.82 Å². The average Bonchev–Trinajstić information content (AvgIpc) is 2.46. The van der Waals surface area contributed by atoms with E-state index in [2.05, 4.69) is 21.9 Å². The largest absolute Gasteiger partial charge is 0.383 e. The Morgan fingerprint density at radius 2 is 1.89 bits per heavy atom. The van der Waals surface area contributed by atoms with Gasteiger partial charge in [0.15, 0.2) is 0 Å². The number of hydrogen-bond donors (Lipinski definition) is 1. The van der Waals surface area contributed by atoms with Crippen LogP contribution >= 0.6 is 0 Å². The highest BCUT2D eigenvalue weighted by Crippen LogP contribution is 2.29. The molecule has 0 aliphatic heterocycles. The van der Waals surface area contributed by atoms with Crippen molar-refractivity contribution in [2.24, 2.45) is 0 Å². The lowest BCUT2D eigenvalue weighted by atomic mass is 10.0. The lowest BCUT2D eigenvalue weighted by Crippen LogP contribution is -2.02. The van der Waals surface area contributed by atoms with Gasteiger partial charge >= 0.3 is 0 Å². The first-order valence-electron chi connectivity index (χ1n) is 6.24. The van der Waals surface area contributed by atoms with Crippen LogP contribution in [-0.2, 0) is 6.42 Å². The second-order valence-electron chi connectivity index (χ2n) is 4.32. The number of nitrogens with two attached hydrogens (primary N) is 1. The second-order valence-corrected chi connectivity index (χ2v) is 4.32. The first kappa shape index (κ1) is 11.6. The van der Waals surface area contributed by atoms with Crippen LogP contribution < -0.4 is 5.73 Å². The lowest BCUT2D eigenvalue weighted by Gasteiger charge is -2.10. The maximum Gasteiger partial charge on any atom is 0.130 e. The van der Waals surface area contributed by atoms with E-state index in [-0.39, 0.29) is 0 Å². The van der Waals surface area contributed by atoms with Crippen LogP contribution in [0, 0.1) is 0 Å². The predicted octanol–water partition coefficient (Wildman–Crippen LogP) is 2.84. The van der Waals surface area contributed by atoms with Crippen molar-refractivity contribution in [3.8, 4) is 11.3 Å². The summed E-state index contributed by atoms with van der Waals surface area (Å²) in [5.41, 5.74) is 9.74. The van der Waals surface area contributed by atoms with E-state index in [4.69, 9.17) is 5.73 Å². The number of benzene rings is 1. The number of para-hydroxylation sites is 1. The smallest absolute Gasteiger partial charge is 0.130 e. The molecular formula is C15H14N4. The van der Waals surface area contributed by atoms with E-state index in [0.717, 1.165) is 34.1 Å². The maximum absolute atomic E-state index is 5.94. The molecule has 2 heterocycles. The Bertz CT molecular complexity index is 732. The zero-order valence-electron chi connectivity index (χ0n) is 10.7. The van der Waals surface area contributed by atoms with Crippen molar-refractivity contribution in [1.82, 2.24) is 15.0 Å². The molecule has 0 atom stereocenters. The molecule has 0 aliphatic rings. The summed E-state index contributed by atoms with van der Waals surface area (Å²) in [4.78, 5) is 12.9. The van der Waals surface area contributed by atoms with Gasteiger partial charge < -0.3 is 5.73 Å². The minimum atomic E-state index is 0.542. The number of hydrogen-bond acceptors (Lipinski definition) is 4. The molecule has 0 bridgehead atoms. The van der Waals surface area contributed by atoms with E-state index < -0.39 is 0 Å². The number of fused-ring (bicyclic) bond motifs is 1. The second kappa shape index (κ2) is 4.65. The fraction of sp³-hybridized carbons (Fsp3) is 0.133. The highest BCUT2D eigenvalue weighted by atomic mass is 14.9. The van der Waals surface area contributed by atoms with Gasteiger partial charge in [-0.1, -0.05) is 31.2 Å². The summed E-state index contributed by atoms with van der Waals surface area (Å²) in [7, 11) is 0. The molecule has 0 amide bonds. The van der Waals surface area contributed by atoms with Gasteiger partial charge in [0.05, 0.1) is 11.2 Å². The van der Waals surface area contributed by atoms with Crippen LogP contribution in [0.2, 0.25) is 0 Å². The molecule has 3 rings (SSSR count). The molecule has 3 aromatic rings. The predicted molar refractivity (Wildman–Crippen MR) is 76.6 cm³/mol. The molecule has 94 valence electrons. The van der Waals surface area contributed by atoms with Crippen LogP contribution in [-0.4, -0.2) is 15.0 Å². The molecule has 4 nitrogen and oxygen atoms in total. The summed E-state index contributed by atoms with van der Waals surface area (Å²) < 4.78 is 0. The minimum Gasteiger partial charge on any atom is -0.383 e. The maximum atomic E-state index is 5.94. The summed E-state index contributed by atoms with van der Waals surface area (Å²) in [5.74, 6) is 0.542. The molecule has 0 aliphatic carbocycles. The zero-order chi connectivity index (χ0) is 13.2. The third-order valence-corrected chi connectivity index (χ3v) is 3.22. The highest BCUT2D eigenvalue weighted by molar-refractivity contribution is 5.93. The highest BCUT2D eigenvalue weighted by Gasteiger charge is 2.12. The molecular weight excluding hydrogens is 236 g/mol. The van der Waals surface area contributed by atoms with Gasteiger partial charge in [-0.15, -0.1) is 0 Å². The molecule has 1 aromatic carbocycles. The standard InChI is InChI=1S/C15H14N4/c1-2-11-14(18-9-19-15(11)16)12-7-3-5-10-6-4-8-17-13(10)12/h3-9H,2H2,1H3,(H2,16,18,19). The van der Waals surface area contributed by atoms with Crippen LogP contribution in [0.4, 0.5) is 5.82 Å². The van der Waals surface area contributed by atoms with Crippen molar-refractivity contribution in [2.75, 3.05) is 5.73 Å². The summed E-state index contributed by atoms with van der Waals surface area (Å²) in [5, 5.41) is 1.10. The summed E-state index contributed by atoms with van der Waals surface area (Å²) in [6, 6.07) is 10.1. The Morgan fingerprint density at radius 3 is 2.74 bits per heavy atom. The normalized spacial score (nSPS) is 10.8. The van der Waals surface area contributed by atoms with Crippen LogP contribution in [0.15, 0.2) is 42.9 Å². The van der Waals surface area contributed by atoms with Gasteiger partial charge in [0, 0.05) is 22.7 Å². The van der Waals surface area contributed by atoms with Crippen molar-refractivity contribution in [2.45, 2.75) is 13.3 Å². The van der Waals surface area contributed by atoms with Crippen molar-refractivity contribution in [3.05, 3.63) is 48.4 Å². The van der Waals surface area contributed by atoms with E-state index in [1.54, 1.807) is 6.20 Å². The van der Waals surface area contributed by atoms with Gasteiger partial charge in [-0.05, 0) is 12.5 Å². The van der Waals surface area contributed by atoms with Crippen LogP contribution in [0.25, 0.3) is 22.2 Å². The third kappa shape index (κ3) is 1.91. The number of nitrogen functional groups attached to an aromatic ring is 1.